The highest BCUT2D eigenvalue weighted by Gasteiger charge is 1.94. The summed E-state index contributed by atoms with van der Waals surface area (Å²) < 4.78 is 0. The minimum absolute atomic E-state index is 1.32. The first-order chi connectivity index (χ1) is 12.8. The number of hydrogen-bond donors (Lipinski definition) is 0. The number of benzene rings is 1. The van der Waals surface area contributed by atoms with Gasteiger partial charge in [0.2, 0.25) is 0 Å². The molecular formula is C25H48Si. The number of unbranched alkanes of at least 4 members (excludes halogenated alkanes) is 15. The highest BCUT2D eigenvalue weighted by Crippen LogP contribution is 2.13. The zero-order valence-electron chi connectivity index (χ0n) is 18.4. The SMILES string of the molecule is CCCCCCCCCCCCCCCCCC[SiH3].Cc1ccccc1. The fourth-order valence-electron chi connectivity index (χ4n) is 3.33. The average Bonchev–Trinajstić information content (AvgIpc) is 2.66. The van der Waals surface area contributed by atoms with Gasteiger partial charge in [-0.2, -0.15) is 0 Å². The van der Waals surface area contributed by atoms with Crippen molar-refractivity contribution in [2.75, 3.05) is 0 Å². The summed E-state index contributed by atoms with van der Waals surface area (Å²) in [4.78, 5) is 0. The van der Waals surface area contributed by atoms with Crippen LogP contribution in [0.1, 0.15) is 115 Å². The van der Waals surface area contributed by atoms with Crippen LogP contribution in [0.15, 0.2) is 30.3 Å². The first-order valence-electron chi connectivity index (χ1n) is 11.8. The van der Waals surface area contributed by atoms with E-state index >= 15 is 0 Å². The third-order valence-electron chi connectivity index (χ3n) is 5.15. The number of hydrogen-bond acceptors (Lipinski definition) is 0. The lowest BCUT2D eigenvalue weighted by molar-refractivity contribution is 0.531. The van der Waals surface area contributed by atoms with Gasteiger partial charge in [-0.1, -0.05) is 152 Å². The lowest BCUT2D eigenvalue weighted by atomic mass is 10.0. The van der Waals surface area contributed by atoms with Gasteiger partial charge < -0.3 is 0 Å². The molecule has 26 heavy (non-hydrogen) atoms. The Balaban J connectivity index is 0.000000735. The van der Waals surface area contributed by atoms with Gasteiger partial charge in [-0.3, -0.25) is 0 Å². The van der Waals surface area contributed by atoms with E-state index in [9.17, 15) is 0 Å². The molecule has 0 fully saturated rings. The summed E-state index contributed by atoms with van der Waals surface area (Å²) >= 11 is 0. The number of aryl methyl sites for hydroxylation is 1. The van der Waals surface area contributed by atoms with Gasteiger partial charge in [0.1, 0.15) is 0 Å². The molecule has 0 bridgehead atoms. The van der Waals surface area contributed by atoms with E-state index in [1.54, 1.807) is 0 Å². The summed E-state index contributed by atoms with van der Waals surface area (Å²) in [5.41, 5.74) is 1.32. The molecule has 152 valence electrons. The molecule has 0 heterocycles. The van der Waals surface area contributed by atoms with E-state index in [-0.39, 0.29) is 0 Å². The van der Waals surface area contributed by atoms with Crippen molar-refractivity contribution in [3.05, 3.63) is 35.9 Å². The summed E-state index contributed by atoms with van der Waals surface area (Å²) in [5.74, 6) is 0. The lowest BCUT2D eigenvalue weighted by Crippen LogP contribution is -1.83. The molecule has 0 N–H and O–H groups in total. The normalized spacial score (nSPS) is 10.5. The minimum Gasteiger partial charge on any atom is -0.0658 e. The van der Waals surface area contributed by atoms with Gasteiger partial charge in [-0.25, -0.2) is 0 Å². The molecule has 1 rings (SSSR count). The Hall–Kier alpha value is -0.563. The molecule has 0 spiro atoms. The van der Waals surface area contributed by atoms with Gasteiger partial charge in [-0.15, -0.1) is 0 Å². The molecule has 0 saturated heterocycles. The molecule has 0 radical (unpaired) electrons. The second kappa shape index (κ2) is 22.5. The monoisotopic (exact) mass is 376 g/mol. The van der Waals surface area contributed by atoms with E-state index in [0.29, 0.717) is 0 Å². The van der Waals surface area contributed by atoms with Crippen molar-refractivity contribution in [3.8, 4) is 0 Å². The quantitative estimate of drug-likeness (QED) is 0.202. The van der Waals surface area contributed by atoms with Crippen LogP contribution >= 0.6 is 0 Å². The van der Waals surface area contributed by atoms with Crippen LogP contribution in [0, 0.1) is 6.92 Å². The van der Waals surface area contributed by atoms with E-state index in [4.69, 9.17) is 0 Å². The van der Waals surface area contributed by atoms with Crippen LogP contribution in [-0.2, 0) is 0 Å². The van der Waals surface area contributed by atoms with Crippen molar-refractivity contribution < 1.29 is 0 Å². The predicted molar refractivity (Wildman–Crippen MR) is 125 cm³/mol. The molecule has 1 aromatic carbocycles. The first-order valence-corrected chi connectivity index (χ1v) is 13.2. The zero-order chi connectivity index (χ0) is 19.1. The zero-order valence-corrected chi connectivity index (χ0v) is 20.4. The van der Waals surface area contributed by atoms with Crippen molar-refractivity contribution in [2.45, 2.75) is 123 Å². The Morgan fingerprint density at radius 2 is 0.885 bits per heavy atom. The maximum Gasteiger partial charge on any atom is 0.00279 e. The smallest absolute Gasteiger partial charge is 0.00279 e. The highest BCUT2D eigenvalue weighted by molar-refractivity contribution is 6.08. The summed E-state index contributed by atoms with van der Waals surface area (Å²) in [6.07, 6.45) is 23.7. The fraction of sp³-hybridized carbons (Fsp3) is 0.760. The second-order valence-electron chi connectivity index (χ2n) is 7.96. The standard InChI is InChI=1S/C18H40Si.C7H8/c1-2-3-4-5-6-7-8-9-10-11-12-13-14-15-16-17-18-19;1-7-5-3-2-4-6-7/h2-18H2,1,19H3;2-6H,1H3. The Kier molecular flexibility index (Phi) is 22.0. The molecule has 0 atom stereocenters. The van der Waals surface area contributed by atoms with Crippen LogP contribution in [0.4, 0.5) is 0 Å². The van der Waals surface area contributed by atoms with E-state index in [2.05, 4.69) is 26.0 Å². The van der Waals surface area contributed by atoms with Gasteiger partial charge in [0.05, 0.1) is 0 Å². The Labute approximate surface area is 169 Å². The molecule has 1 heteroatoms. The Bertz CT molecular complexity index is 330. The Morgan fingerprint density at radius 1 is 0.538 bits per heavy atom. The molecule has 0 nitrogen and oxygen atoms in total. The van der Waals surface area contributed by atoms with E-state index in [1.807, 2.05) is 18.2 Å². The first kappa shape index (κ1) is 25.4. The average molecular weight is 377 g/mol. The summed E-state index contributed by atoms with van der Waals surface area (Å²) in [6, 6.07) is 11.8. The minimum atomic E-state index is 1.32. The van der Waals surface area contributed by atoms with Crippen molar-refractivity contribution in [1.29, 1.82) is 0 Å². The molecule has 0 unspecified atom stereocenters. The number of rotatable bonds is 16. The molecule has 0 aliphatic rings. The van der Waals surface area contributed by atoms with Crippen molar-refractivity contribution in [1.82, 2.24) is 0 Å². The van der Waals surface area contributed by atoms with Crippen molar-refractivity contribution in [2.24, 2.45) is 0 Å². The molecule has 0 aliphatic carbocycles. The van der Waals surface area contributed by atoms with Crippen LogP contribution < -0.4 is 0 Å². The van der Waals surface area contributed by atoms with Crippen LogP contribution in [0.25, 0.3) is 0 Å². The lowest BCUT2D eigenvalue weighted by Gasteiger charge is -2.03. The molecule has 1 aromatic rings. The van der Waals surface area contributed by atoms with Crippen LogP contribution in [0.2, 0.25) is 6.04 Å². The molecule has 0 aromatic heterocycles. The van der Waals surface area contributed by atoms with Gasteiger partial charge >= 0.3 is 0 Å². The predicted octanol–water partition coefficient (Wildman–Crippen LogP) is 8.03. The van der Waals surface area contributed by atoms with E-state index < -0.39 is 0 Å². The van der Waals surface area contributed by atoms with E-state index in [0.717, 1.165) is 0 Å². The van der Waals surface area contributed by atoms with Gasteiger partial charge in [0.15, 0.2) is 0 Å². The maximum atomic E-state index is 2.30. The highest BCUT2D eigenvalue weighted by atomic mass is 28.1. The van der Waals surface area contributed by atoms with Crippen molar-refractivity contribution in [3.63, 3.8) is 0 Å². The van der Waals surface area contributed by atoms with Gasteiger partial charge in [0.25, 0.3) is 0 Å². The second-order valence-corrected chi connectivity index (χ2v) is 8.96. The maximum absolute atomic E-state index is 2.30. The topological polar surface area (TPSA) is 0 Å². The van der Waals surface area contributed by atoms with Crippen LogP contribution in [-0.4, -0.2) is 10.2 Å². The molecule has 0 amide bonds. The Morgan fingerprint density at radius 3 is 1.15 bits per heavy atom. The summed E-state index contributed by atoms with van der Waals surface area (Å²) in [5, 5.41) is 0. The molecular weight excluding hydrogens is 328 g/mol. The summed E-state index contributed by atoms with van der Waals surface area (Å²) in [6.45, 7) is 4.38. The van der Waals surface area contributed by atoms with E-state index in [1.165, 1.54) is 125 Å². The van der Waals surface area contributed by atoms with Gasteiger partial charge in [-0.05, 0) is 6.92 Å². The third-order valence-corrected chi connectivity index (χ3v) is 5.85. The van der Waals surface area contributed by atoms with Crippen LogP contribution in [0.3, 0.4) is 0 Å². The fourth-order valence-corrected chi connectivity index (χ4v) is 3.83. The third kappa shape index (κ3) is 21.5. The summed E-state index contributed by atoms with van der Waals surface area (Å²) in [7, 11) is 1.41. The van der Waals surface area contributed by atoms with Gasteiger partial charge in [0, 0.05) is 10.2 Å². The van der Waals surface area contributed by atoms with Crippen LogP contribution in [0.5, 0.6) is 0 Å². The molecule has 0 saturated carbocycles. The van der Waals surface area contributed by atoms with Crippen molar-refractivity contribution >= 4 is 10.2 Å². The largest absolute Gasteiger partial charge is 0.0658 e. The molecule has 0 aliphatic heterocycles.